The molecule has 1 saturated heterocycles. The van der Waals surface area contributed by atoms with Crippen molar-refractivity contribution in [2.45, 2.75) is 46.6 Å². The molecule has 1 fully saturated rings. The Balaban J connectivity index is 2.22. The minimum atomic E-state index is 0.0559. The minimum absolute atomic E-state index is 0.0559. The first-order valence-corrected chi connectivity index (χ1v) is 8.49. The summed E-state index contributed by atoms with van der Waals surface area (Å²) in [5.41, 5.74) is 6.58. The topological polar surface area (TPSA) is 62.3 Å². The number of nitriles is 1. The fourth-order valence-corrected chi connectivity index (χ4v) is 3.83. The van der Waals surface area contributed by atoms with Crippen LogP contribution < -0.4 is 15.4 Å². The van der Waals surface area contributed by atoms with E-state index in [2.05, 4.69) is 24.8 Å². The molecule has 1 aliphatic rings. The predicted molar refractivity (Wildman–Crippen MR) is 89.0 cm³/mol. The molecule has 0 aromatic carbocycles. The van der Waals surface area contributed by atoms with E-state index in [0.29, 0.717) is 16.3 Å². The molecule has 5 heteroatoms. The lowest BCUT2D eigenvalue weighted by Crippen LogP contribution is -2.35. The number of nitrogens with two attached hydrogens (primary N) is 1. The van der Waals surface area contributed by atoms with Gasteiger partial charge in [-0.3, -0.25) is 0 Å². The van der Waals surface area contributed by atoms with Gasteiger partial charge in [-0.25, -0.2) is 0 Å². The summed E-state index contributed by atoms with van der Waals surface area (Å²) in [6, 6.07) is 2.18. The molecule has 21 heavy (non-hydrogen) atoms. The smallest absolute Gasteiger partial charge is 0.178 e. The molecular weight excluding hydrogens is 282 g/mol. The van der Waals surface area contributed by atoms with Crippen molar-refractivity contribution in [3.05, 3.63) is 4.88 Å². The fourth-order valence-electron chi connectivity index (χ4n) is 2.83. The van der Waals surface area contributed by atoms with Gasteiger partial charge in [-0.15, -0.1) is 11.3 Å². The molecular formula is C16H25N3OS. The third-order valence-corrected chi connectivity index (χ3v) is 5.26. The van der Waals surface area contributed by atoms with Gasteiger partial charge < -0.3 is 15.4 Å². The second-order valence-electron chi connectivity index (χ2n) is 6.33. The van der Waals surface area contributed by atoms with Crippen molar-refractivity contribution in [1.29, 1.82) is 5.26 Å². The van der Waals surface area contributed by atoms with Crippen LogP contribution in [0.15, 0.2) is 0 Å². The molecule has 0 unspecified atom stereocenters. The Morgan fingerprint density at radius 1 is 1.29 bits per heavy atom. The summed E-state index contributed by atoms with van der Waals surface area (Å²) in [5, 5.41) is 10.2. The lowest BCUT2D eigenvalue weighted by Gasteiger charge is -2.35. The van der Waals surface area contributed by atoms with Crippen molar-refractivity contribution in [3.8, 4) is 11.8 Å². The van der Waals surface area contributed by atoms with Crippen molar-refractivity contribution in [3.63, 3.8) is 0 Å². The number of hydrogen-bond acceptors (Lipinski definition) is 5. The van der Waals surface area contributed by atoms with E-state index in [-0.39, 0.29) is 6.10 Å². The zero-order valence-electron chi connectivity index (χ0n) is 13.3. The Kier molecular flexibility index (Phi) is 5.00. The second kappa shape index (κ2) is 6.57. The molecule has 4 nitrogen and oxygen atoms in total. The molecule has 0 amide bonds. The Morgan fingerprint density at radius 2 is 1.90 bits per heavy atom. The molecule has 2 rings (SSSR count). The summed E-state index contributed by atoms with van der Waals surface area (Å²) in [6.45, 7) is 10.6. The van der Waals surface area contributed by atoms with Gasteiger partial charge in [-0.2, -0.15) is 5.26 Å². The van der Waals surface area contributed by atoms with Crippen molar-refractivity contribution < 1.29 is 4.74 Å². The molecule has 0 saturated carbocycles. The van der Waals surface area contributed by atoms with Crippen molar-refractivity contribution in [2.24, 2.45) is 11.8 Å². The summed E-state index contributed by atoms with van der Waals surface area (Å²) in [4.78, 5) is 2.89. The molecule has 0 atom stereocenters. The average molecular weight is 307 g/mol. The highest BCUT2D eigenvalue weighted by Gasteiger charge is 2.27. The Hall–Kier alpha value is -1.41. The fraction of sp³-hybridized carbons (Fsp3) is 0.688. The highest BCUT2D eigenvalue weighted by atomic mass is 32.1. The van der Waals surface area contributed by atoms with Crippen LogP contribution in [0, 0.1) is 23.2 Å². The van der Waals surface area contributed by atoms with Gasteiger partial charge in [0.05, 0.1) is 6.10 Å². The minimum Gasteiger partial charge on any atom is -0.486 e. The van der Waals surface area contributed by atoms with E-state index >= 15 is 0 Å². The molecule has 116 valence electrons. The van der Waals surface area contributed by atoms with Crippen LogP contribution in [-0.4, -0.2) is 19.2 Å². The van der Waals surface area contributed by atoms with Crippen LogP contribution in [0.5, 0.6) is 5.75 Å². The molecule has 1 aromatic heterocycles. The van der Waals surface area contributed by atoms with Gasteiger partial charge in [0.25, 0.3) is 0 Å². The number of hydrogen-bond donors (Lipinski definition) is 1. The highest BCUT2D eigenvalue weighted by Crippen LogP contribution is 2.46. The summed E-state index contributed by atoms with van der Waals surface area (Å²) in [7, 11) is 0. The maximum Gasteiger partial charge on any atom is 0.178 e. The van der Waals surface area contributed by atoms with E-state index in [1.807, 2.05) is 13.8 Å². The number of piperidine rings is 1. The molecule has 2 N–H and O–H groups in total. The van der Waals surface area contributed by atoms with Crippen LogP contribution in [0.2, 0.25) is 0 Å². The molecule has 0 radical (unpaired) electrons. The van der Waals surface area contributed by atoms with E-state index in [1.54, 1.807) is 0 Å². The molecule has 2 heterocycles. The number of nitrogens with zero attached hydrogens (tertiary/aromatic N) is 2. The molecule has 0 aliphatic carbocycles. The average Bonchev–Trinajstić information content (AvgIpc) is 2.75. The van der Waals surface area contributed by atoms with Gasteiger partial charge in [-0.1, -0.05) is 13.8 Å². The van der Waals surface area contributed by atoms with Crippen molar-refractivity contribution in [1.82, 2.24) is 0 Å². The SMILES string of the molecule is CC(C)Oc1c(N2CCC(C(C)C)CC2)sc(C#N)c1N. The third kappa shape index (κ3) is 3.44. The van der Waals surface area contributed by atoms with Crippen LogP contribution in [0.4, 0.5) is 10.7 Å². The summed E-state index contributed by atoms with van der Waals surface area (Å²) >= 11 is 1.46. The molecule has 0 spiro atoms. The van der Waals surface area contributed by atoms with E-state index in [9.17, 15) is 5.26 Å². The van der Waals surface area contributed by atoms with Crippen molar-refractivity contribution >= 4 is 22.0 Å². The molecule has 1 aliphatic heterocycles. The number of ether oxygens (including phenoxy) is 1. The van der Waals surface area contributed by atoms with Crippen LogP contribution in [0.1, 0.15) is 45.4 Å². The first-order chi connectivity index (χ1) is 9.93. The van der Waals surface area contributed by atoms with Gasteiger partial charge >= 0.3 is 0 Å². The van der Waals surface area contributed by atoms with Crippen LogP contribution in [0.25, 0.3) is 0 Å². The quantitative estimate of drug-likeness (QED) is 0.917. The summed E-state index contributed by atoms with van der Waals surface area (Å²) in [6.07, 6.45) is 2.44. The number of rotatable bonds is 4. The Labute approximate surface area is 131 Å². The number of anilines is 2. The monoisotopic (exact) mass is 307 g/mol. The first-order valence-electron chi connectivity index (χ1n) is 7.68. The standard InChI is InChI=1S/C16H25N3OS/c1-10(2)12-5-7-19(8-6-12)16-15(20-11(3)4)14(18)13(9-17)21-16/h10-12H,5-8,18H2,1-4H3. The largest absolute Gasteiger partial charge is 0.486 e. The van der Waals surface area contributed by atoms with Crippen LogP contribution >= 0.6 is 11.3 Å². The van der Waals surface area contributed by atoms with Crippen LogP contribution in [-0.2, 0) is 0 Å². The zero-order valence-corrected chi connectivity index (χ0v) is 14.2. The summed E-state index contributed by atoms with van der Waals surface area (Å²) < 4.78 is 5.88. The predicted octanol–water partition coefficient (Wildman–Crippen LogP) is 3.86. The number of thiophene rings is 1. The molecule has 0 bridgehead atoms. The van der Waals surface area contributed by atoms with Gasteiger partial charge in [0.15, 0.2) is 5.75 Å². The lowest BCUT2D eigenvalue weighted by atomic mass is 9.87. The van der Waals surface area contributed by atoms with E-state index < -0.39 is 0 Å². The maximum atomic E-state index is 9.21. The van der Waals surface area contributed by atoms with Gasteiger partial charge in [0.2, 0.25) is 0 Å². The second-order valence-corrected chi connectivity index (χ2v) is 7.33. The van der Waals surface area contributed by atoms with E-state index in [4.69, 9.17) is 10.5 Å². The normalized spacial score (nSPS) is 16.5. The maximum absolute atomic E-state index is 9.21. The summed E-state index contributed by atoms with van der Waals surface area (Å²) in [5.74, 6) is 2.24. The number of nitrogen functional groups attached to an aromatic ring is 1. The lowest BCUT2D eigenvalue weighted by molar-refractivity contribution is 0.244. The Bertz CT molecular complexity index is 522. The third-order valence-electron chi connectivity index (χ3n) is 4.11. The van der Waals surface area contributed by atoms with E-state index in [1.165, 1.54) is 24.2 Å². The zero-order chi connectivity index (χ0) is 15.6. The van der Waals surface area contributed by atoms with Crippen LogP contribution in [0.3, 0.4) is 0 Å². The van der Waals surface area contributed by atoms with Gasteiger partial charge in [-0.05, 0) is 38.5 Å². The van der Waals surface area contributed by atoms with E-state index in [0.717, 1.165) is 29.9 Å². The van der Waals surface area contributed by atoms with Crippen molar-refractivity contribution in [2.75, 3.05) is 23.7 Å². The van der Waals surface area contributed by atoms with Gasteiger partial charge in [0, 0.05) is 13.1 Å². The first kappa shape index (κ1) is 16.0. The highest BCUT2D eigenvalue weighted by molar-refractivity contribution is 7.17. The molecule has 1 aromatic rings. The Morgan fingerprint density at radius 3 is 2.38 bits per heavy atom. The van der Waals surface area contributed by atoms with Gasteiger partial charge in [0.1, 0.15) is 21.6 Å².